The second-order valence-corrected chi connectivity index (χ2v) is 12.7. The number of aromatic nitrogens is 1. The van der Waals surface area contributed by atoms with Gasteiger partial charge in [-0.1, -0.05) is 42.7 Å². The Bertz CT molecular complexity index is 968. The lowest BCUT2D eigenvalue weighted by Crippen LogP contribution is -2.55. The molecule has 6 nitrogen and oxygen atoms in total. The van der Waals surface area contributed by atoms with Gasteiger partial charge in [-0.15, -0.1) is 11.3 Å². The van der Waals surface area contributed by atoms with Crippen LogP contribution in [0.3, 0.4) is 0 Å². The highest BCUT2D eigenvalue weighted by atomic mass is 32.1. The van der Waals surface area contributed by atoms with Gasteiger partial charge in [0.15, 0.2) is 5.13 Å². The topological polar surface area (TPSA) is 75.3 Å². The van der Waals surface area contributed by atoms with Crippen LogP contribution < -0.4 is 16.0 Å². The van der Waals surface area contributed by atoms with Crippen LogP contribution in [0.15, 0.2) is 29.6 Å². The third-order valence-electron chi connectivity index (χ3n) is 7.58. The number of thiazole rings is 1. The van der Waals surface area contributed by atoms with E-state index in [1.54, 1.807) is 11.3 Å². The number of anilines is 1. The fourth-order valence-electron chi connectivity index (χ4n) is 5.51. The minimum Gasteiger partial charge on any atom is -0.444 e. The molecule has 1 aromatic carbocycles. The predicted octanol–water partition coefficient (Wildman–Crippen LogP) is 6.91. The van der Waals surface area contributed by atoms with Crippen LogP contribution in [0.2, 0.25) is 0 Å². The van der Waals surface area contributed by atoms with Gasteiger partial charge >= 0.3 is 6.09 Å². The van der Waals surface area contributed by atoms with Gasteiger partial charge in [0.2, 0.25) is 0 Å². The summed E-state index contributed by atoms with van der Waals surface area (Å²) >= 11 is 1.69. The van der Waals surface area contributed by atoms with Crippen LogP contribution in [-0.4, -0.2) is 41.3 Å². The van der Waals surface area contributed by atoms with Crippen LogP contribution in [0.5, 0.6) is 0 Å². The van der Waals surface area contributed by atoms with Crippen molar-refractivity contribution in [3.63, 3.8) is 0 Å². The average Bonchev–Trinajstić information content (AvgIpc) is 3.48. The molecule has 0 spiro atoms. The molecule has 3 N–H and O–H groups in total. The van der Waals surface area contributed by atoms with Crippen molar-refractivity contribution in [3.05, 3.63) is 35.2 Å². The Morgan fingerprint density at radius 3 is 2.47 bits per heavy atom. The van der Waals surface area contributed by atoms with Crippen molar-refractivity contribution in [2.45, 2.75) is 103 Å². The summed E-state index contributed by atoms with van der Waals surface area (Å²) in [6, 6.07) is 9.10. The van der Waals surface area contributed by atoms with E-state index in [1.807, 2.05) is 20.8 Å². The van der Waals surface area contributed by atoms with Crippen LogP contribution >= 0.6 is 11.3 Å². The largest absolute Gasteiger partial charge is 0.444 e. The van der Waals surface area contributed by atoms with Gasteiger partial charge in [0.1, 0.15) is 5.60 Å². The molecule has 1 aromatic heterocycles. The number of nitrogens with zero attached hydrogens (tertiary/aromatic N) is 1. The van der Waals surface area contributed by atoms with Crippen molar-refractivity contribution in [2.24, 2.45) is 5.92 Å². The van der Waals surface area contributed by atoms with E-state index in [4.69, 9.17) is 9.72 Å². The molecule has 7 heteroatoms. The second kappa shape index (κ2) is 12.0. The summed E-state index contributed by atoms with van der Waals surface area (Å²) in [4.78, 5) is 17.2. The van der Waals surface area contributed by atoms with E-state index in [9.17, 15) is 4.79 Å². The van der Waals surface area contributed by atoms with Gasteiger partial charge in [-0.05, 0) is 78.6 Å². The lowest BCUT2D eigenvalue weighted by atomic mass is 9.83. The van der Waals surface area contributed by atoms with Crippen molar-refractivity contribution in [3.8, 4) is 11.3 Å². The number of aryl methyl sites for hydroxylation is 1. The second-order valence-electron chi connectivity index (χ2n) is 11.8. The lowest BCUT2D eigenvalue weighted by molar-refractivity contribution is 0.0452. The number of carbonyl (C=O) groups is 1. The Balaban J connectivity index is 1.15. The van der Waals surface area contributed by atoms with Crippen LogP contribution in [0, 0.1) is 12.8 Å². The third-order valence-corrected chi connectivity index (χ3v) is 8.38. The molecule has 0 radical (unpaired) electrons. The molecule has 0 atom stereocenters. The first-order valence-corrected chi connectivity index (χ1v) is 14.6. The van der Waals surface area contributed by atoms with Gasteiger partial charge in [0.25, 0.3) is 0 Å². The van der Waals surface area contributed by atoms with E-state index < -0.39 is 5.60 Å². The number of rotatable bonds is 9. The Morgan fingerprint density at radius 1 is 1.11 bits per heavy atom. The predicted molar refractivity (Wildman–Crippen MR) is 150 cm³/mol. The van der Waals surface area contributed by atoms with Gasteiger partial charge in [0, 0.05) is 30.1 Å². The molecule has 2 fully saturated rings. The molecule has 1 amide bonds. The summed E-state index contributed by atoms with van der Waals surface area (Å²) < 4.78 is 5.54. The molecule has 4 rings (SSSR count). The highest BCUT2D eigenvalue weighted by Crippen LogP contribution is 2.32. The normalized spacial score (nSPS) is 21.8. The molecule has 1 heterocycles. The number of nitrogens with one attached hydrogen (secondary N) is 3. The minimum atomic E-state index is -0.465. The first-order valence-electron chi connectivity index (χ1n) is 13.7. The number of hydrogen-bond donors (Lipinski definition) is 3. The van der Waals surface area contributed by atoms with Crippen LogP contribution in [0.4, 0.5) is 9.93 Å². The number of carbonyl (C=O) groups excluding carboxylic acids is 1. The summed E-state index contributed by atoms with van der Waals surface area (Å²) in [6.45, 7) is 9.68. The summed E-state index contributed by atoms with van der Waals surface area (Å²) in [7, 11) is 0. The zero-order chi connectivity index (χ0) is 25.6. The quantitative estimate of drug-likeness (QED) is 0.340. The molecule has 0 aliphatic heterocycles. The minimum absolute atomic E-state index is 0.158. The molecular formula is C29H44N4O2S. The van der Waals surface area contributed by atoms with E-state index in [2.05, 4.69) is 52.5 Å². The number of amides is 1. The number of ether oxygens (including phenoxy) is 1. The summed E-state index contributed by atoms with van der Waals surface area (Å²) in [5.41, 5.74) is 2.88. The number of benzene rings is 1. The molecule has 198 valence electrons. The van der Waals surface area contributed by atoms with Crippen LogP contribution in [-0.2, 0) is 4.74 Å². The van der Waals surface area contributed by atoms with Crippen LogP contribution in [0.25, 0.3) is 11.3 Å². The van der Waals surface area contributed by atoms with E-state index in [0.717, 1.165) is 42.7 Å². The van der Waals surface area contributed by atoms with Gasteiger partial charge in [-0.25, -0.2) is 9.78 Å². The molecule has 36 heavy (non-hydrogen) atoms. The van der Waals surface area contributed by atoms with Crippen molar-refractivity contribution >= 4 is 22.6 Å². The Labute approximate surface area is 221 Å². The van der Waals surface area contributed by atoms with E-state index >= 15 is 0 Å². The lowest BCUT2D eigenvalue weighted by Gasteiger charge is -2.35. The van der Waals surface area contributed by atoms with Crippen molar-refractivity contribution < 1.29 is 9.53 Å². The van der Waals surface area contributed by atoms with Crippen molar-refractivity contribution in [2.75, 3.05) is 18.4 Å². The maximum atomic E-state index is 12.4. The van der Waals surface area contributed by atoms with E-state index in [1.165, 1.54) is 56.1 Å². The third kappa shape index (κ3) is 7.94. The Kier molecular flexibility index (Phi) is 8.94. The molecule has 2 aliphatic rings. The van der Waals surface area contributed by atoms with Crippen molar-refractivity contribution in [1.29, 1.82) is 0 Å². The molecule has 2 aliphatic carbocycles. The summed E-state index contributed by atoms with van der Waals surface area (Å²) in [6.07, 6.45) is 10.3. The SMILES string of the molecule is Cc1ccc(-c2csc(NCCC3CCC(NCC4(NC(=O)OC(C)(C)C)CCCC4)CC3)n2)cc1. The molecule has 0 saturated heterocycles. The highest BCUT2D eigenvalue weighted by molar-refractivity contribution is 7.14. The molecular weight excluding hydrogens is 468 g/mol. The van der Waals surface area contributed by atoms with Gasteiger partial charge in [0.05, 0.1) is 11.2 Å². The maximum Gasteiger partial charge on any atom is 0.408 e. The smallest absolute Gasteiger partial charge is 0.408 e. The Hall–Kier alpha value is -2.12. The van der Waals surface area contributed by atoms with Gasteiger partial charge < -0.3 is 20.7 Å². The summed E-state index contributed by atoms with van der Waals surface area (Å²) in [5.74, 6) is 0.771. The highest BCUT2D eigenvalue weighted by Gasteiger charge is 2.37. The molecule has 2 aromatic rings. The Morgan fingerprint density at radius 2 is 1.81 bits per heavy atom. The first-order chi connectivity index (χ1) is 17.2. The van der Waals surface area contributed by atoms with Gasteiger partial charge in [-0.2, -0.15) is 0 Å². The summed E-state index contributed by atoms with van der Waals surface area (Å²) in [5, 5.41) is 13.7. The standard InChI is InChI=1S/C29H44N4O2S/c1-21-7-11-23(12-8-21)25-19-36-26(32-25)30-18-15-22-9-13-24(14-10-22)31-20-29(16-5-6-17-29)33-27(34)35-28(2,3)4/h7-8,11-12,19,22,24,31H,5-6,9-10,13-18,20H2,1-4H3,(H,30,32)(H,33,34). The monoisotopic (exact) mass is 512 g/mol. The zero-order valence-corrected chi connectivity index (χ0v) is 23.3. The molecule has 0 bridgehead atoms. The maximum absolute atomic E-state index is 12.4. The average molecular weight is 513 g/mol. The van der Waals surface area contributed by atoms with E-state index in [0.29, 0.717) is 6.04 Å². The number of alkyl carbamates (subject to hydrolysis) is 1. The molecule has 0 unspecified atom stereocenters. The number of hydrogen-bond acceptors (Lipinski definition) is 6. The zero-order valence-electron chi connectivity index (χ0n) is 22.5. The fourth-order valence-corrected chi connectivity index (χ4v) is 6.26. The molecule has 2 saturated carbocycles. The van der Waals surface area contributed by atoms with Crippen LogP contribution in [0.1, 0.15) is 84.1 Å². The van der Waals surface area contributed by atoms with Gasteiger partial charge in [-0.3, -0.25) is 0 Å². The van der Waals surface area contributed by atoms with E-state index in [-0.39, 0.29) is 11.6 Å². The fraction of sp³-hybridized carbons (Fsp3) is 0.655. The first kappa shape index (κ1) is 26.9. The van der Waals surface area contributed by atoms with Crippen molar-refractivity contribution in [1.82, 2.24) is 15.6 Å².